The first-order chi connectivity index (χ1) is 10.1. The first-order valence-corrected chi connectivity index (χ1v) is 7.52. The Morgan fingerprint density at radius 2 is 2.18 bits per heavy atom. The van der Waals surface area contributed by atoms with Gasteiger partial charge in [0.2, 0.25) is 11.8 Å². The van der Waals surface area contributed by atoms with Gasteiger partial charge in [-0.25, -0.2) is 0 Å². The summed E-state index contributed by atoms with van der Waals surface area (Å²) < 4.78 is 0. The molecule has 1 unspecified atom stereocenters. The van der Waals surface area contributed by atoms with Crippen LogP contribution >= 0.6 is 24.0 Å². The number of anilines is 1. The predicted molar refractivity (Wildman–Crippen MR) is 90.7 cm³/mol. The molecule has 7 heteroatoms. The van der Waals surface area contributed by atoms with Gasteiger partial charge in [-0.05, 0) is 44.0 Å². The van der Waals surface area contributed by atoms with Crippen LogP contribution in [0.4, 0.5) is 5.69 Å². The molecule has 1 aromatic carbocycles. The zero-order chi connectivity index (χ0) is 15.2. The molecule has 0 aliphatic carbocycles. The van der Waals surface area contributed by atoms with Crippen LogP contribution in [-0.4, -0.2) is 30.9 Å². The molecular weight excluding hydrogens is 325 g/mol. The van der Waals surface area contributed by atoms with E-state index >= 15 is 0 Å². The Kier molecular flexibility index (Phi) is 7.65. The van der Waals surface area contributed by atoms with Crippen molar-refractivity contribution in [3.8, 4) is 0 Å². The van der Waals surface area contributed by atoms with Crippen molar-refractivity contribution < 1.29 is 9.59 Å². The fraction of sp³-hybridized carbons (Fsp3) is 0.467. The summed E-state index contributed by atoms with van der Waals surface area (Å²) >= 11 is 6.00. The summed E-state index contributed by atoms with van der Waals surface area (Å²) in [4.78, 5) is 23.6. The molecule has 0 radical (unpaired) electrons. The lowest BCUT2D eigenvalue weighted by Gasteiger charge is -2.12. The van der Waals surface area contributed by atoms with Gasteiger partial charge in [-0.2, -0.15) is 0 Å². The number of benzene rings is 1. The average Bonchev–Trinajstić information content (AvgIpc) is 2.98. The van der Waals surface area contributed by atoms with Gasteiger partial charge >= 0.3 is 0 Å². The minimum Gasteiger partial charge on any atom is -0.354 e. The second-order valence-corrected chi connectivity index (χ2v) is 5.56. The van der Waals surface area contributed by atoms with Gasteiger partial charge in [0.05, 0.1) is 6.04 Å². The summed E-state index contributed by atoms with van der Waals surface area (Å²) in [5, 5.41) is 9.32. The van der Waals surface area contributed by atoms with Crippen LogP contribution in [0.25, 0.3) is 0 Å². The van der Waals surface area contributed by atoms with E-state index in [1.807, 2.05) is 6.92 Å². The normalized spacial score (nSPS) is 16.7. The monoisotopic (exact) mass is 345 g/mol. The van der Waals surface area contributed by atoms with Gasteiger partial charge in [0.15, 0.2) is 0 Å². The quantitative estimate of drug-likeness (QED) is 0.766. The van der Waals surface area contributed by atoms with Crippen molar-refractivity contribution in [2.24, 2.45) is 0 Å². The van der Waals surface area contributed by atoms with Crippen LogP contribution in [0.5, 0.6) is 0 Å². The molecule has 1 aliphatic rings. The summed E-state index contributed by atoms with van der Waals surface area (Å²) in [6.07, 6.45) is 2.12. The summed E-state index contributed by atoms with van der Waals surface area (Å²) in [6.45, 7) is 3.07. The van der Waals surface area contributed by atoms with Crippen LogP contribution < -0.4 is 16.0 Å². The first-order valence-electron chi connectivity index (χ1n) is 7.14. The minimum absolute atomic E-state index is 0. The highest BCUT2D eigenvalue weighted by atomic mass is 35.5. The number of nitrogens with one attached hydrogen (secondary N) is 3. The van der Waals surface area contributed by atoms with E-state index in [-0.39, 0.29) is 36.7 Å². The van der Waals surface area contributed by atoms with E-state index in [2.05, 4.69) is 16.0 Å². The van der Waals surface area contributed by atoms with Gasteiger partial charge in [0.25, 0.3) is 0 Å². The molecule has 1 aliphatic heterocycles. The van der Waals surface area contributed by atoms with Crippen LogP contribution in [0.3, 0.4) is 0 Å². The number of hydrogen-bond donors (Lipinski definition) is 3. The van der Waals surface area contributed by atoms with Crippen molar-refractivity contribution in [1.82, 2.24) is 10.6 Å². The van der Waals surface area contributed by atoms with E-state index < -0.39 is 0 Å². The van der Waals surface area contributed by atoms with Crippen molar-refractivity contribution in [2.45, 2.75) is 32.2 Å². The molecule has 1 aromatic rings. The highest BCUT2D eigenvalue weighted by Gasteiger charge is 2.21. The Morgan fingerprint density at radius 3 is 2.86 bits per heavy atom. The number of carbonyl (C=O) groups is 2. The van der Waals surface area contributed by atoms with E-state index in [0.29, 0.717) is 17.3 Å². The summed E-state index contributed by atoms with van der Waals surface area (Å²) in [7, 11) is 0. The standard InChI is InChI=1S/C15H20ClN3O2.ClH/c1-10-11(16)4-2-5-12(10)19-14(20)7-9-18-15(21)13-6-3-8-17-13;/h2,4-5,13,17H,3,6-9H2,1H3,(H,18,21)(H,19,20);1H. The Labute approximate surface area is 141 Å². The number of hydrogen-bond acceptors (Lipinski definition) is 3. The third-order valence-corrected chi connectivity index (χ3v) is 3.98. The molecule has 1 fully saturated rings. The highest BCUT2D eigenvalue weighted by molar-refractivity contribution is 6.31. The highest BCUT2D eigenvalue weighted by Crippen LogP contribution is 2.22. The molecule has 0 aromatic heterocycles. The second kappa shape index (κ2) is 8.98. The lowest BCUT2D eigenvalue weighted by Crippen LogP contribution is -2.41. The van der Waals surface area contributed by atoms with Crippen LogP contribution in [0.1, 0.15) is 24.8 Å². The molecule has 0 bridgehead atoms. The lowest BCUT2D eigenvalue weighted by molar-refractivity contribution is -0.122. The fourth-order valence-corrected chi connectivity index (χ4v) is 2.46. The van der Waals surface area contributed by atoms with Crippen LogP contribution in [0.2, 0.25) is 5.02 Å². The van der Waals surface area contributed by atoms with Crippen LogP contribution in [0, 0.1) is 6.92 Å². The lowest BCUT2D eigenvalue weighted by atomic mass is 10.2. The van der Waals surface area contributed by atoms with Crippen molar-refractivity contribution in [3.63, 3.8) is 0 Å². The van der Waals surface area contributed by atoms with Crippen LogP contribution in [0.15, 0.2) is 18.2 Å². The molecule has 1 saturated heterocycles. The van der Waals surface area contributed by atoms with E-state index in [0.717, 1.165) is 24.9 Å². The van der Waals surface area contributed by atoms with Crippen molar-refractivity contribution in [2.75, 3.05) is 18.4 Å². The Hall–Kier alpha value is -1.30. The maximum Gasteiger partial charge on any atom is 0.237 e. The van der Waals surface area contributed by atoms with Crippen molar-refractivity contribution in [1.29, 1.82) is 0 Å². The zero-order valence-electron chi connectivity index (χ0n) is 12.4. The van der Waals surface area contributed by atoms with Crippen LogP contribution in [-0.2, 0) is 9.59 Å². The minimum atomic E-state index is -0.139. The summed E-state index contributed by atoms with van der Waals surface area (Å²) in [6, 6.07) is 5.27. The fourth-order valence-electron chi connectivity index (χ4n) is 2.29. The number of rotatable bonds is 5. The largest absolute Gasteiger partial charge is 0.354 e. The third-order valence-electron chi connectivity index (χ3n) is 3.57. The van der Waals surface area contributed by atoms with Crippen molar-refractivity contribution in [3.05, 3.63) is 28.8 Å². The van der Waals surface area contributed by atoms with E-state index in [1.165, 1.54) is 0 Å². The van der Waals surface area contributed by atoms with Crippen molar-refractivity contribution >= 4 is 41.5 Å². The molecule has 5 nitrogen and oxygen atoms in total. The molecule has 3 N–H and O–H groups in total. The van der Waals surface area contributed by atoms with Gasteiger partial charge in [0, 0.05) is 23.7 Å². The van der Waals surface area contributed by atoms with Gasteiger partial charge in [-0.3, -0.25) is 9.59 Å². The van der Waals surface area contributed by atoms with E-state index in [4.69, 9.17) is 11.6 Å². The Morgan fingerprint density at radius 1 is 1.41 bits per heavy atom. The molecule has 1 heterocycles. The van der Waals surface area contributed by atoms with Gasteiger partial charge in [-0.15, -0.1) is 12.4 Å². The topological polar surface area (TPSA) is 70.2 Å². The molecule has 0 saturated carbocycles. The van der Waals surface area contributed by atoms with Gasteiger partial charge in [-0.1, -0.05) is 17.7 Å². The summed E-state index contributed by atoms with van der Waals surface area (Å²) in [5.41, 5.74) is 1.54. The van der Waals surface area contributed by atoms with Gasteiger partial charge < -0.3 is 16.0 Å². The first kappa shape index (κ1) is 18.7. The molecule has 0 spiro atoms. The SMILES string of the molecule is Cc1c(Cl)cccc1NC(=O)CCNC(=O)C1CCCN1.Cl. The molecule has 22 heavy (non-hydrogen) atoms. The maximum absolute atomic E-state index is 11.9. The maximum atomic E-state index is 11.9. The molecule has 2 rings (SSSR count). The van der Waals surface area contributed by atoms with E-state index in [1.54, 1.807) is 18.2 Å². The van der Waals surface area contributed by atoms with Gasteiger partial charge in [0.1, 0.15) is 0 Å². The predicted octanol–water partition coefficient (Wildman–Crippen LogP) is 2.27. The number of amides is 2. The molecule has 1 atom stereocenters. The molecule has 122 valence electrons. The number of halogens is 2. The second-order valence-electron chi connectivity index (χ2n) is 5.15. The summed E-state index contributed by atoms with van der Waals surface area (Å²) in [5.74, 6) is -0.167. The number of carbonyl (C=O) groups excluding carboxylic acids is 2. The van der Waals surface area contributed by atoms with E-state index in [9.17, 15) is 9.59 Å². The zero-order valence-corrected chi connectivity index (χ0v) is 14.0. The smallest absolute Gasteiger partial charge is 0.237 e. The third kappa shape index (κ3) is 5.16. The average molecular weight is 346 g/mol. The Bertz CT molecular complexity index is 532. The molecular formula is C15H21Cl2N3O2. The molecule has 2 amide bonds. The Balaban J connectivity index is 0.00000242.